The largest absolute Gasteiger partial charge is 0.748 e. The number of hydrogen-bond acceptors (Lipinski definition) is 10. The Morgan fingerprint density at radius 3 is 2.49 bits per heavy atom. The molecule has 0 radical (unpaired) electrons. The van der Waals surface area contributed by atoms with E-state index >= 15 is 0 Å². The van der Waals surface area contributed by atoms with Crippen LogP contribution >= 0.6 is 34.3 Å². The van der Waals surface area contributed by atoms with Crippen molar-refractivity contribution < 1.29 is 35.2 Å². The average molecular weight is 626 g/mol. The zero-order valence-electron chi connectivity index (χ0n) is 20.3. The van der Waals surface area contributed by atoms with E-state index in [-0.39, 0.29) is 25.9 Å². The summed E-state index contributed by atoms with van der Waals surface area (Å²) in [6, 6.07) is 15.1. The van der Waals surface area contributed by atoms with Gasteiger partial charge in [-0.25, -0.2) is 16.8 Å². The van der Waals surface area contributed by atoms with E-state index in [0.29, 0.717) is 16.7 Å². The Bertz CT molecular complexity index is 1770. The zero-order chi connectivity index (χ0) is 27.8. The number of anilines is 1. The van der Waals surface area contributed by atoms with Crippen LogP contribution in [0.25, 0.3) is 26.7 Å². The van der Waals surface area contributed by atoms with Gasteiger partial charge in [0.1, 0.15) is 4.70 Å². The van der Waals surface area contributed by atoms with Crippen molar-refractivity contribution in [3.05, 3.63) is 69.8 Å². The lowest BCUT2D eigenvalue weighted by Crippen LogP contribution is -2.36. The Hall–Kier alpha value is -2.52. The van der Waals surface area contributed by atoms with Gasteiger partial charge in [-0.3, -0.25) is 0 Å². The van der Waals surface area contributed by atoms with Gasteiger partial charge in [0.15, 0.2) is 12.3 Å². The zero-order valence-corrected chi connectivity index (χ0v) is 24.3. The molecule has 2 aromatic carbocycles. The molecule has 39 heavy (non-hydrogen) atoms. The lowest BCUT2D eigenvalue weighted by atomic mass is 10.1. The Morgan fingerprint density at radius 1 is 1.00 bits per heavy atom. The molecule has 0 bridgehead atoms. The highest BCUT2D eigenvalue weighted by Gasteiger charge is 2.29. The van der Waals surface area contributed by atoms with Crippen LogP contribution in [0, 0.1) is 0 Å². The third-order valence-corrected chi connectivity index (χ3v) is 9.87. The van der Waals surface area contributed by atoms with Gasteiger partial charge in [-0.15, -0.1) is 11.3 Å². The number of aryl methyl sites for hydroxylation is 1. The standard InChI is InChI=1S/C25H23ClN2O7S4/c26-18-6-8-23-20(15-18)28(10-3-13-39(32,33)34)25(37-23)16-24-27(9-2-12-38(29,30)31)19-14-17(5-7-21(19)35-24)22-4-1-11-36-22/h1,4-8,11,14-16H,2-3,9-10,12-13H2,(H-,29,30,31,32,33,34)/p-1. The van der Waals surface area contributed by atoms with Crippen LogP contribution in [0.5, 0.6) is 5.75 Å². The Labute approximate surface area is 239 Å². The third kappa shape index (κ3) is 6.80. The van der Waals surface area contributed by atoms with Crippen LogP contribution in [0.3, 0.4) is 0 Å². The molecule has 0 atom stereocenters. The van der Waals surface area contributed by atoms with E-state index < -0.39 is 31.7 Å². The van der Waals surface area contributed by atoms with E-state index in [1.165, 1.54) is 11.3 Å². The number of nitrogens with zero attached hydrogens (tertiary/aromatic N) is 2. The Morgan fingerprint density at radius 2 is 1.77 bits per heavy atom. The van der Waals surface area contributed by atoms with Crippen LogP contribution in [0.4, 0.5) is 5.69 Å². The van der Waals surface area contributed by atoms with Crippen LogP contribution in [0.15, 0.2) is 59.8 Å². The maximum Gasteiger partial charge on any atom is 0.268 e. The van der Waals surface area contributed by atoms with Gasteiger partial charge in [0.25, 0.3) is 5.01 Å². The van der Waals surface area contributed by atoms with Crippen LogP contribution in [0.2, 0.25) is 5.02 Å². The van der Waals surface area contributed by atoms with Crippen molar-refractivity contribution in [1.82, 2.24) is 0 Å². The smallest absolute Gasteiger partial charge is 0.268 e. The highest BCUT2D eigenvalue weighted by atomic mass is 35.5. The summed E-state index contributed by atoms with van der Waals surface area (Å²) in [7, 11) is -8.76. The second kappa shape index (κ2) is 11.2. The fourth-order valence-electron chi connectivity index (χ4n) is 4.35. The van der Waals surface area contributed by atoms with Crippen molar-refractivity contribution in [3.63, 3.8) is 0 Å². The Kier molecular flexibility index (Phi) is 8.02. The highest BCUT2D eigenvalue weighted by Crippen LogP contribution is 2.43. The van der Waals surface area contributed by atoms with Crippen LogP contribution in [-0.2, 0) is 26.8 Å². The molecule has 1 aliphatic rings. The first-order valence-electron chi connectivity index (χ1n) is 11.8. The average Bonchev–Trinajstić information content (AvgIpc) is 3.57. The van der Waals surface area contributed by atoms with Crippen molar-refractivity contribution in [2.45, 2.75) is 19.4 Å². The summed E-state index contributed by atoms with van der Waals surface area (Å²) >= 11 is 9.26. The summed E-state index contributed by atoms with van der Waals surface area (Å²) in [5.41, 5.74) is 2.49. The molecule has 0 spiro atoms. The van der Waals surface area contributed by atoms with Crippen molar-refractivity contribution in [2.24, 2.45) is 0 Å². The lowest BCUT2D eigenvalue weighted by Gasteiger charge is -2.19. The minimum Gasteiger partial charge on any atom is -0.748 e. The molecule has 4 aromatic rings. The number of rotatable bonds is 10. The SMILES string of the molecule is O=S(=O)([O-])CCCN1C(=Cc2sc3ccc(Cl)cc3[n+]2CCCS(=O)(=O)[O-])Oc2ccc(-c3cccs3)cc21. The molecule has 2 aromatic heterocycles. The fraction of sp³-hybridized carbons (Fsp3) is 0.240. The Balaban J connectivity index is 1.55. The molecule has 14 heteroatoms. The van der Waals surface area contributed by atoms with Crippen LogP contribution in [0.1, 0.15) is 17.8 Å². The summed E-state index contributed by atoms with van der Waals surface area (Å²) in [4.78, 5) is 2.89. The number of ether oxygens (including phenoxy) is 1. The normalized spacial score (nSPS) is 14.7. The summed E-state index contributed by atoms with van der Waals surface area (Å²) in [5, 5.41) is 3.21. The fourth-order valence-corrected chi connectivity index (χ4v) is 7.30. The quantitative estimate of drug-likeness (QED) is 0.184. The molecular weight excluding hydrogens is 604 g/mol. The molecule has 3 heterocycles. The molecule has 0 amide bonds. The number of hydrogen-bond donors (Lipinski definition) is 0. The van der Waals surface area contributed by atoms with Gasteiger partial charge in [-0.2, -0.15) is 4.57 Å². The number of benzene rings is 2. The second-order valence-electron chi connectivity index (χ2n) is 8.83. The first-order valence-corrected chi connectivity index (χ1v) is 17.0. The lowest BCUT2D eigenvalue weighted by molar-refractivity contribution is -0.668. The topological polar surface area (TPSA) is 131 Å². The van der Waals surface area contributed by atoms with Crippen molar-refractivity contribution in [2.75, 3.05) is 23.0 Å². The molecule has 0 unspecified atom stereocenters. The van der Waals surface area contributed by atoms with E-state index in [0.717, 1.165) is 31.4 Å². The van der Waals surface area contributed by atoms with Gasteiger partial charge in [0, 0.05) is 40.4 Å². The van der Waals surface area contributed by atoms with Crippen molar-refractivity contribution in [3.8, 4) is 16.2 Å². The van der Waals surface area contributed by atoms with Crippen molar-refractivity contribution in [1.29, 1.82) is 0 Å². The van der Waals surface area contributed by atoms with Gasteiger partial charge < -0.3 is 18.7 Å². The molecule has 1 aliphatic heterocycles. The summed E-state index contributed by atoms with van der Waals surface area (Å²) < 4.78 is 76.4. The summed E-state index contributed by atoms with van der Waals surface area (Å²) in [6.07, 6.45) is 2.00. The van der Waals surface area contributed by atoms with E-state index in [9.17, 15) is 25.9 Å². The number of halogens is 1. The maximum absolute atomic E-state index is 11.3. The van der Waals surface area contributed by atoms with E-state index in [1.807, 2.05) is 51.2 Å². The molecule has 206 valence electrons. The molecule has 0 fully saturated rings. The molecular formula is C25H22ClN2O7S4-. The minimum absolute atomic E-state index is 0.0958. The van der Waals surface area contributed by atoms with Crippen LogP contribution in [-0.4, -0.2) is 44.0 Å². The molecule has 0 N–H and O–H groups in total. The highest BCUT2D eigenvalue weighted by molar-refractivity contribution is 7.85. The number of thiazole rings is 1. The predicted octanol–water partition coefficient (Wildman–Crippen LogP) is 4.64. The van der Waals surface area contributed by atoms with Gasteiger partial charge >= 0.3 is 0 Å². The summed E-state index contributed by atoms with van der Waals surface area (Å²) in [6.45, 7) is 0.476. The van der Waals surface area contributed by atoms with E-state index in [2.05, 4.69) is 0 Å². The molecule has 5 rings (SSSR count). The predicted molar refractivity (Wildman–Crippen MR) is 151 cm³/mol. The first kappa shape index (κ1) is 28.0. The first-order chi connectivity index (χ1) is 18.5. The van der Waals surface area contributed by atoms with E-state index in [4.69, 9.17) is 16.3 Å². The molecule has 9 nitrogen and oxygen atoms in total. The number of fused-ring (bicyclic) bond motifs is 2. The van der Waals surface area contributed by atoms with E-state index in [1.54, 1.807) is 29.5 Å². The maximum atomic E-state index is 11.3. The van der Waals surface area contributed by atoms with Gasteiger partial charge in [-0.05, 0) is 53.8 Å². The van der Waals surface area contributed by atoms with Gasteiger partial charge in [0.05, 0.1) is 32.0 Å². The van der Waals surface area contributed by atoms with Crippen LogP contribution < -0.4 is 14.2 Å². The monoisotopic (exact) mass is 625 g/mol. The summed E-state index contributed by atoms with van der Waals surface area (Å²) in [5.74, 6) is -0.00183. The minimum atomic E-state index is -4.39. The molecule has 0 saturated heterocycles. The third-order valence-electron chi connectivity index (χ3n) is 6.03. The molecule has 0 saturated carbocycles. The van der Waals surface area contributed by atoms with Gasteiger partial charge in [-0.1, -0.05) is 29.0 Å². The van der Waals surface area contributed by atoms with Crippen molar-refractivity contribution >= 4 is 76.5 Å². The molecule has 0 aliphatic carbocycles. The van der Waals surface area contributed by atoms with Gasteiger partial charge in [0.2, 0.25) is 11.4 Å². The number of aromatic nitrogens is 1. The second-order valence-corrected chi connectivity index (χ2v) is 14.3. The number of thiophene rings is 1.